The number of alkyl halides is 3. The Bertz CT molecular complexity index is 597. The lowest BCUT2D eigenvalue weighted by Crippen LogP contribution is -2.07. The molecule has 1 atom stereocenters. The standard InChI is InChI=1S/C9H6F3N3O2S/c10-9(11,12)6-1-2-13-8(3-6)15-5-7(4-14-15)18(16)17/h1-5H,(H,16,17). The summed E-state index contributed by atoms with van der Waals surface area (Å²) in [5.74, 6) is -0.0819. The summed E-state index contributed by atoms with van der Waals surface area (Å²) in [6.07, 6.45) is -1.26. The summed E-state index contributed by atoms with van der Waals surface area (Å²) in [7, 11) is 0. The molecule has 0 aromatic carbocycles. The molecular weight excluding hydrogens is 271 g/mol. The maximum Gasteiger partial charge on any atom is 0.416 e. The monoisotopic (exact) mass is 277 g/mol. The van der Waals surface area contributed by atoms with E-state index in [2.05, 4.69) is 10.1 Å². The number of hydrogen-bond donors (Lipinski definition) is 1. The van der Waals surface area contributed by atoms with Crippen molar-refractivity contribution >= 4 is 11.1 Å². The first kappa shape index (κ1) is 12.7. The lowest BCUT2D eigenvalue weighted by atomic mass is 10.2. The van der Waals surface area contributed by atoms with Crippen molar-refractivity contribution in [1.29, 1.82) is 0 Å². The molecular formula is C9H6F3N3O2S. The van der Waals surface area contributed by atoms with Crippen LogP contribution < -0.4 is 0 Å². The van der Waals surface area contributed by atoms with Gasteiger partial charge in [-0.1, -0.05) is 0 Å². The first-order valence-corrected chi connectivity index (χ1v) is 5.68. The molecule has 5 nitrogen and oxygen atoms in total. The van der Waals surface area contributed by atoms with E-state index in [1.807, 2.05) is 0 Å². The number of pyridine rings is 1. The van der Waals surface area contributed by atoms with Crippen LogP contribution in [0.1, 0.15) is 5.56 Å². The second kappa shape index (κ2) is 4.50. The topological polar surface area (TPSA) is 68.0 Å². The van der Waals surface area contributed by atoms with Crippen LogP contribution in [-0.4, -0.2) is 23.5 Å². The third-order valence-corrected chi connectivity index (χ3v) is 2.68. The van der Waals surface area contributed by atoms with E-state index in [0.29, 0.717) is 0 Å². The summed E-state index contributed by atoms with van der Waals surface area (Å²) in [5, 5.41) is 3.66. The number of halogens is 3. The van der Waals surface area contributed by atoms with Gasteiger partial charge in [-0.05, 0) is 12.1 Å². The van der Waals surface area contributed by atoms with Gasteiger partial charge in [0.25, 0.3) is 0 Å². The highest BCUT2D eigenvalue weighted by Crippen LogP contribution is 2.29. The van der Waals surface area contributed by atoms with Gasteiger partial charge in [0.2, 0.25) is 0 Å². The van der Waals surface area contributed by atoms with Gasteiger partial charge < -0.3 is 4.55 Å². The minimum absolute atomic E-state index is 0.0192. The van der Waals surface area contributed by atoms with Gasteiger partial charge in [0, 0.05) is 6.20 Å². The molecule has 1 N–H and O–H groups in total. The molecule has 0 bridgehead atoms. The minimum Gasteiger partial charge on any atom is -0.302 e. The van der Waals surface area contributed by atoms with Crippen molar-refractivity contribution in [3.8, 4) is 5.82 Å². The molecule has 2 rings (SSSR count). The predicted molar refractivity (Wildman–Crippen MR) is 55.4 cm³/mol. The van der Waals surface area contributed by atoms with Crippen molar-refractivity contribution in [2.75, 3.05) is 0 Å². The zero-order valence-corrected chi connectivity index (χ0v) is 9.44. The summed E-state index contributed by atoms with van der Waals surface area (Å²) in [6, 6.07) is 1.63. The molecule has 2 aromatic rings. The summed E-state index contributed by atoms with van der Waals surface area (Å²) < 4.78 is 57.9. The van der Waals surface area contributed by atoms with E-state index in [-0.39, 0.29) is 10.7 Å². The van der Waals surface area contributed by atoms with Gasteiger partial charge in [0.05, 0.1) is 18.0 Å². The number of hydrogen-bond acceptors (Lipinski definition) is 3. The molecule has 9 heteroatoms. The fourth-order valence-electron chi connectivity index (χ4n) is 1.24. The third kappa shape index (κ3) is 2.57. The lowest BCUT2D eigenvalue weighted by molar-refractivity contribution is -0.137. The highest BCUT2D eigenvalue weighted by Gasteiger charge is 2.30. The summed E-state index contributed by atoms with van der Waals surface area (Å²) in [5.41, 5.74) is -0.866. The van der Waals surface area contributed by atoms with E-state index in [9.17, 15) is 17.4 Å². The third-order valence-electron chi connectivity index (χ3n) is 2.07. The molecule has 0 aliphatic heterocycles. The molecule has 0 fully saturated rings. The summed E-state index contributed by atoms with van der Waals surface area (Å²) in [4.78, 5) is 3.70. The zero-order valence-electron chi connectivity index (χ0n) is 8.63. The number of rotatable bonds is 2. The second-order valence-corrected chi connectivity index (χ2v) is 4.24. The van der Waals surface area contributed by atoms with E-state index in [1.165, 1.54) is 0 Å². The average molecular weight is 277 g/mol. The van der Waals surface area contributed by atoms with Gasteiger partial charge in [-0.15, -0.1) is 0 Å². The molecule has 2 aromatic heterocycles. The maximum atomic E-state index is 12.5. The van der Waals surface area contributed by atoms with Crippen molar-refractivity contribution in [1.82, 2.24) is 14.8 Å². The van der Waals surface area contributed by atoms with Crippen LogP contribution in [0.25, 0.3) is 5.82 Å². The molecule has 1 unspecified atom stereocenters. The quantitative estimate of drug-likeness (QED) is 0.851. The van der Waals surface area contributed by atoms with Crippen molar-refractivity contribution in [2.24, 2.45) is 0 Å². The first-order chi connectivity index (χ1) is 8.38. The predicted octanol–water partition coefficient (Wildman–Crippen LogP) is 1.87. The van der Waals surface area contributed by atoms with Gasteiger partial charge in [0.15, 0.2) is 16.9 Å². The SMILES string of the molecule is O=S(O)c1cnn(-c2cc(C(F)(F)F)ccn2)c1. The molecule has 0 spiro atoms. The van der Waals surface area contributed by atoms with Gasteiger partial charge in [-0.2, -0.15) is 18.3 Å². The van der Waals surface area contributed by atoms with Crippen molar-refractivity contribution in [3.63, 3.8) is 0 Å². The van der Waals surface area contributed by atoms with Gasteiger partial charge in [0.1, 0.15) is 4.90 Å². The van der Waals surface area contributed by atoms with Crippen LogP contribution in [0.2, 0.25) is 0 Å². The van der Waals surface area contributed by atoms with Crippen LogP contribution in [0.15, 0.2) is 35.6 Å². The van der Waals surface area contributed by atoms with E-state index < -0.39 is 22.8 Å². The Balaban J connectivity index is 2.41. The Morgan fingerprint density at radius 3 is 2.67 bits per heavy atom. The van der Waals surface area contributed by atoms with Crippen LogP contribution in [0.4, 0.5) is 13.2 Å². The Morgan fingerprint density at radius 2 is 2.11 bits per heavy atom. The average Bonchev–Trinajstić information content (AvgIpc) is 2.77. The molecule has 18 heavy (non-hydrogen) atoms. The zero-order chi connectivity index (χ0) is 13.3. The highest BCUT2D eigenvalue weighted by molar-refractivity contribution is 7.79. The minimum atomic E-state index is -4.48. The molecule has 0 aliphatic carbocycles. The second-order valence-electron chi connectivity index (χ2n) is 3.27. The van der Waals surface area contributed by atoms with Gasteiger partial charge in [-0.3, -0.25) is 0 Å². The van der Waals surface area contributed by atoms with Crippen molar-refractivity contribution < 1.29 is 21.9 Å². The van der Waals surface area contributed by atoms with Gasteiger partial charge >= 0.3 is 6.18 Å². The molecule has 2 heterocycles. The van der Waals surface area contributed by atoms with Gasteiger partial charge in [-0.25, -0.2) is 13.9 Å². The Hall–Kier alpha value is -1.74. The maximum absolute atomic E-state index is 12.5. The number of aromatic nitrogens is 3. The molecule has 0 aliphatic rings. The highest BCUT2D eigenvalue weighted by atomic mass is 32.2. The lowest BCUT2D eigenvalue weighted by Gasteiger charge is -2.07. The largest absolute Gasteiger partial charge is 0.416 e. The van der Waals surface area contributed by atoms with E-state index >= 15 is 0 Å². The van der Waals surface area contributed by atoms with Crippen molar-refractivity contribution in [2.45, 2.75) is 11.1 Å². The normalized spacial score (nSPS) is 13.6. The molecule has 0 saturated heterocycles. The Labute approximate surface area is 102 Å². The van der Waals surface area contributed by atoms with Crippen LogP contribution in [-0.2, 0) is 17.3 Å². The van der Waals surface area contributed by atoms with E-state index in [1.54, 1.807) is 0 Å². The molecule has 0 saturated carbocycles. The van der Waals surface area contributed by atoms with Crippen LogP contribution in [0.5, 0.6) is 0 Å². The fraction of sp³-hybridized carbons (Fsp3) is 0.111. The van der Waals surface area contributed by atoms with E-state index in [4.69, 9.17) is 4.55 Å². The summed E-state index contributed by atoms with van der Waals surface area (Å²) >= 11 is -2.24. The molecule has 96 valence electrons. The Kier molecular flexibility index (Phi) is 3.18. The number of nitrogens with zero attached hydrogens (tertiary/aromatic N) is 3. The smallest absolute Gasteiger partial charge is 0.302 e. The first-order valence-electron chi connectivity index (χ1n) is 4.57. The Morgan fingerprint density at radius 1 is 1.39 bits per heavy atom. The van der Waals surface area contributed by atoms with Crippen LogP contribution >= 0.6 is 0 Å². The van der Waals surface area contributed by atoms with E-state index in [0.717, 1.165) is 35.4 Å². The van der Waals surface area contributed by atoms with Crippen LogP contribution in [0, 0.1) is 0 Å². The fourth-order valence-corrected chi connectivity index (χ4v) is 1.57. The van der Waals surface area contributed by atoms with Crippen LogP contribution in [0.3, 0.4) is 0 Å². The molecule has 0 amide bonds. The summed E-state index contributed by atoms with van der Waals surface area (Å²) in [6.45, 7) is 0. The molecule has 0 radical (unpaired) electrons. The van der Waals surface area contributed by atoms with Crippen molar-refractivity contribution in [3.05, 3.63) is 36.3 Å².